The van der Waals surface area contributed by atoms with Gasteiger partial charge in [0.1, 0.15) is 11.5 Å². The van der Waals surface area contributed by atoms with Gasteiger partial charge in [0, 0.05) is 11.3 Å². The molecule has 1 aromatic heterocycles. The fraction of sp³-hybridized carbons (Fsp3) is 0.0476. The summed E-state index contributed by atoms with van der Waals surface area (Å²) in [5, 5.41) is 2.79. The Morgan fingerprint density at radius 1 is 1.00 bits per heavy atom. The highest BCUT2D eigenvalue weighted by Crippen LogP contribution is 2.19. The maximum absolute atomic E-state index is 12.4. The van der Waals surface area contributed by atoms with E-state index < -0.39 is 0 Å². The summed E-state index contributed by atoms with van der Waals surface area (Å²) in [6.07, 6.45) is 4.60. The van der Waals surface area contributed by atoms with Gasteiger partial charge in [0.25, 0.3) is 5.91 Å². The molecular formula is C21H17NO4. The van der Waals surface area contributed by atoms with Crippen LogP contribution in [0.4, 0.5) is 5.69 Å². The van der Waals surface area contributed by atoms with Crippen LogP contribution < -0.4 is 10.1 Å². The Bertz CT molecular complexity index is 925. The molecule has 2 aromatic carbocycles. The number of carbonyl (C=O) groups excluding carboxylic acids is 2. The molecule has 0 aliphatic carbocycles. The first kappa shape index (κ1) is 17.2. The minimum absolute atomic E-state index is 0.149. The number of para-hydroxylation sites is 1. The molecule has 26 heavy (non-hydrogen) atoms. The Kier molecular flexibility index (Phi) is 5.29. The zero-order valence-electron chi connectivity index (χ0n) is 14.1. The van der Waals surface area contributed by atoms with Crippen molar-refractivity contribution in [1.29, 1.82) is 0 Å². The molecule has 0 saturated carbocycles. The molecule has 1 amide bonds. The molecule has 0 unspecified atom stereocenters. The largest absolute Gasteiger partial charge is 0.496 e. The van der Waals surface area contributed by atoms with Crippen molar-refractivity contribution in [2.75, 3.05) is 12.4 Å². The van der Waals surface area contributed by atoms with E-state index in [2.05, 4.69) is 5.32 Å². The molecule has 5 nitrogen and oxygen atoms in total. The Morgan fingerprint density at radius 3 is 2.46 bits per heavy atom. The summed E-state index contributed by atoms with van der Waals surface area (Å²) in [7, 11) is 1.52. The highest BCUT2D eigenvalue weighted by molar-refractivity contribution is 6.08. The van der Waals surface area contributed by atoms with Gasteiger partial charge in [-0.15, -0.1) is 0 Å². The van der Waals surface area contributed by atoms with Crippen molar-refractivity contribution in [1.82, 2.24) is 0 Å². The lowest BCUT2D eigenvalue weighted by molar-refractivity contribution is 0.102. The number of carbonyl (C=O) groups is 2. The number of nitrogens with one attached hydrogen (secondary N) is 1. The third kappa shape index (κ3) is 4.08. The number of benzene rings is 2. The molecule has 130 valence electrons. The lowest BCUT2D eigenvalue weighted by Crippen LogP contribution is -2.13. The fourth-order valence-electron chi connectivity index (χ4n) is 2.39. The van der Waals surface area contributed by atoms with E-state index in [0.29, 0.717) is 28.3 Å². The van der Waals surface area contributed by atoms with Gasteiger partial charge in [-0.1, -0.05) is 12.1 Å². The van der Waals surface area contributed by atoms with Gasteiger partial charge in [-0.2, -0.15) is 0 Å². The van der Waals surface area contributed by atoms with Gasteiger partial charge < -0.3 is 14.5 Å². The number of hydrogen-bond acceptors (Lipinski definition) is 4. The van der Waals surface area contributed by atoms with E-state index in [1.54, 1.807) is 73.0 Å². The SMILES string of the molecule is COc1ccccc1C(=O)Nc1ccc(C(=O)/C=C\c2ccco2)cc1. The van der Waals surface area contributed by atoms with E-state index in [9.17, 15) is 9.59 Å². The summed E-state index contributed by atoms with van der Waals surface area (Å²) in [6, 6.07) is 17.2. The number of furan rings is 1. The van der Waals surface area contributed by atoms with Crippen molar-refractivity contribution in [3.05, 3.63) is 89.9 Å². The second-order valence-corrected chi connectivity index (χ2v) is 5.44. The molecule has 0 atom stereocenters. The van der Waals surface area contributed by atoms with E-state index >= 15 is 0 Å². The van der Waals surface area contributed by atoms with Crippen LogP contribution in [0.25, 0.3) is 6.08 Å². The Morgan fingerprint density at radius 2 is 1.77 bits per heavy atom. The monoisotopic (exact) mass is 347 g/mol. The average Bonchev–Trinajstić information content (AvgIpc) is 3.20. The molecule has 0 aliphatic rings. The van der Waals surface area contributed by atoms with Crippen LogP contribution in [-0.2, 0) is 0 Å². The van der Waals surface area contributed by atoms with Gasteiger partial charge in [-0.05, 0) is 60.7 Å². The molecule has 0 aliphatic heterocycles. The Balaban J connectivity index is 1.67. The lowest BCUT2D eigenvalue weighted by Gasteiger charge is -2.09. The maximum atomic E-state index is 12.4. The van der Waals surface area contributed by atoms with Gasteiger partial charge in [0.2, 0.25) is 0 Å². The maximum Gasteiger partial charge on any atom is 0.259 e. The quantitative estimate of drug-likeness (QED) is 0.529. The van der Waals surface area contributed by atoms with E-state index in [-0.39, 0.29) is 11.7 Å². The molecule has 0 fully saturated rings. The highest BCUT2D eigenvalue weighted by Gasteiger charge is 2.11. The average molecular weight is 347 g/mol. The van der Waals surface area contributed by atoms with Crippen LogP contribution in [0, 0.1) is 0 Å². The molecule has 0 spiro atoms. The Hall–Kier alpha value is -3.60. The molecule has 3 rings (SSSR count). The van der Waals surface area contributed by atoms with Gasteiger partial charge in [-0.25, -0.2) is 0 Å². The minimum Gasteiger partial charge on any atom is -0.496 e. The number of ketones is 1. The number of amides is 1. The van der Waals surface area contributed by atoms with Crippen LogP contribution in [0.2, 0.25) is 0 Å². The zero-order chi connectivity index (χ0) is 18.4. The fourth-order valence-corrected chi connectivity index (χ4v) is 2.39. The van der Waals surface area contributed by atoms with Crippen molar-refractivity contribution in [3.63, 3.8) is 0 Å². The van der Waals surface area contributed by atoms with Crippen LogP contribution in [0.1, 0.15) is 26.5 Å². The van der Waals surface area contributed by atoms with Crippen LogP contribution >= 0.6 is 0 Å². The molecule has 1 heterocycles. The van der Waals surface area contributed by atoms with Crippen LogP contribution in [0.15, 0.2) is 77.4 Å². The standard InChI is InChI=1S/C21H17NO4/c1-25-20-7-3-2-6-18(20)21(24)22-16-10-8-15(9-11-16)19(23)13-12-17-5-4-14-26-17/h2-14H,1H3,(H,22,24)/b13-12-. The summed E-state index contributed by atoms with van der Waals surface area (Å²) in [4.78, 5) is 24.5. The first-order valence-corrected chi connectivity index (χ1v) is 7.98. The number of anilines is 1. The Labute approximate surface area is 150 Å². The van der Waals surface area contributed by atoms with Gasteiger partial charge >= 0.3 is 0 Å². The summed E-state index contributed by atoms with van der Waals surface area (Å²) in [5.74, 6) is 0.683. The van der Waals surface area contributed by atoms with E-state index in [1.165, 1.54) is 13.2 Å². The predicted octanol–water partition coefficient (Wildman–Crippen LogP) is 4.44. The molecule has 3 aromatic rings. The lowest BCUT2D eigenvalue weighted by atomic mass is 10.1. The van der Waals surface area contributed by atoms with Gasteiger partial charge in [0.15, 0.2) is 5.78 Å². The number of methoxy groups -OCH3 is 1. The minimum atomic E-state index is -0.278. The topological polar surface area (TPSA) is 68.5 Å². The van der Waals surface area contributed by atoms with E-state index in [1.807, 2.05) is 0 Å². The molecule has 0 radical (unpaired) electrons. The van der Waals surface area contributed by atoms with Crippen molar-refractivity contribution >= 4 is 23.5 Å². The van der Waals surface area contributed by atoms with Crippen molar-refractivity contribution < 1.29 is 18.7 Å². The van der Waals surface area contributed by atoms with Crippen LogP contribution in [0.3, 0.4) is 0 Å². The molecule has 0 bridgehead atoms. The van der Waals surface area contributed by atoms with Crippen LogP contribution in [-0.4, -0.2) is 18.8 Å². The smallest absolute Gasteiger partial charge is 0.259 e. The summed E-state index contributed by atoms with van der Waals surface area (Å²) in [5.41, 5.74) is 1.55. The van der Waals surface area contributed by atoms with Crippen molar-refractivity contribution in [2.45, 2.75) is 0 Å². The molecule has 0 saturated heterocycles. The number of allylic oxidation sites excluding steroid dienone is 1. The highest BCUT2D eigenvalue weighted by atomic mass is 16.5. The molecule has 1 N–H and O–H groups in total. The first-order valence-electron chi connectivity index (χ1n) is 7.98. The summed E-state index contributed by atoms with van der Waals surface area (Å²) >= 11 is 0. The van der Waals surface area contributed by atoms with E-state index in [0.717, 1.165) is 0 Å². The van der Waals surface area contributed by atoms with Crippen molar-refractivity contribution in [3.8, 4) is 5.75 Å². The number of rotatable bonds is 6. The van der Waals surface area contributed by atoms with Gasteiger partial charge in [-0.3, -0.25) is 9.59 Å². The predicted molar refractivity (Wildman–Crippen MR) is 99.5 cm³/mol. The summed E-state index contributed by atoms with van der Waals surface area (Å²) < 4.78 is 10.3. The number of hydrogen-bond donors (Lipinski definition) is 1. The first-order chi connectivity index (χ1) is 12.7. The number of ether oxygens (including phenoxy) is 1. The van der Waals surface area contributed by atoms with Crippen molar-refractivity contribution in [2.24, 2.45) is 0 Å². The zero-order valence-corrected chi connectivity index (χ0v) is 14.1. The second-order valence-electron chi connectivity index (χ2n) is 5.44. The third-order valence-corrected chi connectivity index (χ3v) is 3.72. The third-order valence-electron chi connectivity index (χ3n) is 3.72. The second kappa shape index (κ2) is 7.98. The molecule has 5 heteroatoms. The molecular weight excluding hydrogens is 330 g/mol. The normalized spacial score (nSPS) is 10.7. The van der Waals surface area contributed by atoms with E-state index in [4.69, 9.17) is 9.15 Å². The van der Waals surface area contributed by atoms with Gasteiger partial charge in [0.05, 0.1) is 18.9 Å². The van der Waals surface area contributed by atoms with Crippen LogP contribution in [0.5, 0.6) is 5.75 Å². The summed E-state index contributed by atoms with van der Waals surface area (Å²) in [6.45, 7) is 0.